The smallest absolute Gasteiger partial charge is 0.0900 e. The molecule has 1 aliphatic rings. The van der Waals surface area contributed by atoms with Crippen molar-refractivity contribution >= 4 is 11.6 Å². The summed E-state index contributed by atoms with van der Waals surface area (Å²) in [5.74, 6) is 0. The van der Waals surface area contributed by atoms with Gasteiger partial charge < -0.3 is 14.9 Å². The molecule has 0 saturated carbocycles. The van der Waals surface area contributed by atoms with Gasteiger partial charge in [-0.3, -0.25) is 4.90 Å². The van der Waals surface area contributed by atoms with Crippen LogP contribution in [0.2, 0.25) is 5.02 Å². The molecule has 0 radical (unpaired) electrons. The minimum Gasteiger partial charge on any atom is -0.396 e. The molecule has 2 rings (SSSR count). The van der Waals surface area contributed by atoms with Crippen LogP contribution in [0.4, 0.5) is 0 Å². The zero-order valence-electron chi connectivity index (χ0n) is 13.8. The van der Waals surface area contributed by atoms with E-state index in [-0.39, 0.29) is 12.7 Å². The molecular formula is C18H28ClNO3. The number of hydrogen-bond donors (Lipinski definition) is 2. The Hall–Kier alpha value is -0.650. The largest absolute Gasteiger partial charge is 0.396 e. The zero-order valence-corrected chi connectivity index (χ0v) is 14.6. The SMILES string of the molecule is C[C@H](OC[C@@H](O)CN1CCCC[C@H]1CCO)c1ccc(Cl)cc1. The molecule has 1 heterocycles. The van der Waals surface area contributed by atoms with E-state index in [0.717, 1.165) is 31.4 Å². The van der Waals surface area contributed by atoms with Crippen molar-refractivity contribution in [3.8, 4) is 0 Å². The first kappa shape index (κ1) is 18.7. The lowest BCUT2D eigenvalue weighted by atomic mass is 9.99. The number of nitrogens with zero attached hydrogens (tertiary/aromatic N) is 1. The number of halogens is 1. The first-order valence-corrected chi connectivity index (χ1v) is 8.88. The number of β-amino-alcohol motifs (C(OH)–C–C–N with tert-alkyl or cyclic N) is 1. The van der Waals surface area contributed by atoms with Crippen molar-refractivity contribution in [1.29, 1.82) is 0 Å². The average molecular weight is 342 g/mol. The highest BCUT2D eigenvalue weighted by atomic mass is 35.5. The predicted octanol–water partition coefficient (Wildman–Crippen LogP) is 3.02. The van der Waals surface area contributed by atoms with E-state index in [2.05, 4.69) is 4.90 Å². The van der Waals surface area contributed by atoms with E-state index in [0.29, 0.717) is 24.2 Å². The molecule has 1 aromatic rings. The lowest BCUT2D eigenvalue weighted by Crippen LogP contribution is -2.45. The van der Waals surface area contributed by atoms with Crippen molar-refractivity contribution in [1.82, 2.24) is 4.90 Å². The molecule has 1 fully saturated rings. The molecule has 0 aliphatic carbocycles. The molecule has 130 valence electrons. The van der Waals surface area contributed by atoms with Gasteiger partial charge in [-0.25, -0.2) is 0 Å². The highest BCUT2D eigenvalue weighted by Crippen LogP contribution is 2.21. The number of piperidine rings is 1. The fourth-order valence-electron chi connectivity index (χ4n) is 3.19. The van der Waals surface area contributed by atoms with E-state index in [4.69, 9.17) is 21.4 Å². The maximum Gasteiger partial charge on any atom is 0.0900 e. The number of hydrogen-bond acceptors (Lipinski definition) is 4. The van der Waals surface area contributed by atoms with Crippen LogP contribution in [0.1, 0.15) is 44.3 Å². The minimum atomic E-state index is -0.510. The summed E-state index contributed by atoms with van der Waals surface area (Å²) in [6, 6.07) is 7.97. The van der Waals surface area contributed by atoms with Gasteiger partial charge in [-0.1, -0.05) is 30.2 Å². The Balaban J connectivity index is 1.77. The van der Waals surface area contributed by atoms with Crippen molar-refractivity contribution in [2.24, 2.45) is 0 Å². The molecule has 4 nitrogen and oxygen atoms in total. The summed E-state index contributed by atoms with van der Waals surface area (Å²) in [5, 5.41) is 20.2. The maximum atomic E-state index is 10.3. The fraction of sp³-hybridized carbons (Fsp3) is 0.667. The van der Waals surface area contributed by atoms with E-state index < -0.39 is 6.10 Å². The van der Waals surface area contributed by atoms with Gasteiger partial charge in [0.2, 0.25) is 0 Å². The number of rotatable bonds is 8. The number of likely N-dealkylation sites (tertiary alicyclic amines) is 1. The predicted molar refractivity (Wildman–Crippen MR) is 92.7 cm³/mol. The summed E-state index contributed by atoms with van der Waals surface area (Å²) in [7, 11) is 0. The van der Waals surface area contributed by atoms with Crippen LogP contribution in [0, 0.1) is 0 Å². The van der Waals surface area contributed by atoms with Gasteiger partial charge in [0.15, 0.2) is 0 Å². The quantitative estimate of drug-likeness (QED) is 0.763. The van der Waals surface area contributed by atoms with Crippen LogP contribution in [0.25, 0.3) is 0 Å². The Morgan fingerprint density at radius 1 is 1.30 bits per heavy atom. The third-order valence-electron chi connectivity index (χ3n) is 4.53. The van der Waals surface area contributed by atoms with Crippen molar-refractivity contribution in [2.75, 3.05) is 26.3 Å². The Morgan fingerprint density at radius 2 is 2.04 bits per heavy atom. The molecule has 2 N–H and O–H groups in total. The van der Waals surface area contributed by atoms with Gasteiger partial charge in [0, 0.05) is 24.2 Å². The van der Waals surface area contributed by atoms with Gasteiger partial charge in [-0.15, -0.1) is 0 Å². The summed E-state index contributed by atoms with van der Waals surface area (Å²) in [4.78, 5) is 2.29. The molecule has 0 spiro atoms. The fourth-order valence-corrected chi connectivity index (χ4v) is 3.31. The van der Waals surface area contributed by atoms with Crippen molar-refractivity contribution in [3.63, 3.8) is 0 Å². The summed E-state index contributed by atoms with van der Waals surface area (Å²) < 4.78 is 5.80. The van der Waals surface area contributed by atoms with Crippen LogP contribution >= 0.6 is 11.6 Å². The monoisotopic (exact) mass is 341 g/mol. The molecular weight excluding hydrogens is 314 g/mol. The molecule has 5 heteroatoms. The summed E-state index contributed by atoms with van der Waals surface area (Å²) in [6.45, 7) is 4.10. The van der Waals surface area contributed by atoms with E-state index >= 15 is 0 Å². The van der Waals surface area contributed by atoms with Gasteiger partial charge >= 0.3 is 0 Å². The van der Waals surface area contributed by atoms with Gasteiger partial charge in [0.25, 0.3) is 0 Å². The maximum absolute atomic E-state index is 10.3. The summed E-state index contributed by atoms with van der Waals surface area (Å²) in [6.07, 6.45) is 3.68. The van der Waals surface area contributed by atoms with Crippen LogP contribution in [0.15, 0.2) is 24.3 Å². The van der Waals surface area contributed by atoms with Crippen molar-refractivity contribution in [2.45, 2.75) is 50.9 Å². The molecule has 0 amide bonds. The van der Waals surface area contributed by atoms with E-state index in [1.165, 1.54) is 6.42 Å². The Bertz CT molecular complexity index is 452. The van der Waals surface area contributed by atoms with Gasteiger partial charge in [0.1, 0.15) is 0 Å². The van der Waals surface area contributed by atoms with Crippen LogP contribution in [0.3, 0.4) is 0 Å². The van der Waals surface area contributed by atoms with Gasteiger partial charge in [-0.05, 0) is 50.4 Å². The summed E-state index contributed by atoms with van der Waals surface area (Å²) in [5.41, 5.74) is 1.05. The van der Waals surface area contributed by atoms with Gasteiger partial charge in [-0.2, -0.15) is 0 Å². The van der Waals surface area contributed by atoms with Crippen LogP contribution < -0.4 is 0 Å². The standard InChI is InChI=1S/C18H28ClNO3/c1-14(15-5-7-16(19)8-6-15)23-13-18(22)12-20-10-3-2-4-17(20)9-11-21/h5-8,14,17-18,21-22H,2-4,9-13H2,1H3/t14-,17-,18-/m0/s1. The number of aliphatic hydroxyl groups is 2. The lowest BCUT2D eigenvalue weighted by Gasteiger charge is -2.36. The highest BCUT2D eigenvalue weighted by molar-refractivity contribution is 6.30. The van der Waals surface area contributed by atoms with Crippen molar-refractivity contribution in [3.05, 3.63) is 34.9 Å². The topological polar surface area (TPSA) is 52.9 Å². The first-order valence-electron chi connectivity index (χ1n) is 8.50. The lowest BCUT2D eigenvalue weighted by molar-refractivity contribution is -0.0263. The molecule has 1 saturated heterocycles. The third-order valence-corrected chi connectivity index (χ3v) is 4.79. The first-order chi connectivity index (χ1) is 11.1. The number of ether oxygens (including phenoxy) is 1. The molecule has 23 heavy (non-hydrogen) atoms. The molecule has 1 aromatic carbocycles. The molecule has 3 atom stereocenters. The number of benzene rings is 1. The molecule has 0 bridgehead atoms. The second kappa shape index (κ2) is 9.60. The second-order valence-corrected chi connectivity index (χ2v) is 6.77. The van der Waals surface area contributed by atoms with E-state index in [1.54, 1.807) is 0 Å². The highest BCUT2D eigenvalue weighted by Gasteiger charge is 2.24. The number of aliphatic hydroxyl groups excluding tert-OH is 2. The zero-order chi connectivity index (χ0) is 16.7. The normalized spacial score (nSPS) is 22.0. The molecule has 0 unspecified atom stereocenters. The Labute approximate surface area is 144 Å². The van der Waals surface area contributed by atoms with Crippen LogP contribution in [-0.4, -0.2) is 53.6 Å². The average Bonchev–Trinajstić information content (AvgIpc) is 2.55. The Morgan fingerprint density at radius 3 is 2.74 bits per heavy atom. The van der Waals surface area contributed by atoms with E-state index in [1.807, 2.05) is 31.2 Å². The minimum absolute atomic E-state index is 0.0727. The van der Waals surface area contributed by atoms with Gasteiger partial charge in [0.05, 0.1) is 18.8 Å². The Kier molecular flexibility index (Phi) is 7.80. The van der Waals surface area contributed by atoms with Crippen LogP contribution in [-0.2, 0) is 4.74 Å². The van der Waals surface area contributed by atoms with Crippen molar-refractivity contribution < 1.29 is 14.9 Å². The third kappa shape index (κ3) is 6.05. The molecule has 0 aromatic heterocycles. The second-order valence-electron chi connectivity index (χ2n) is 6.34. The van der Waals surface area contributed by atoms with E-state index in [9.17, 15) is 5.11 Å². The molecule has 1 aliphatic heterocycles. The summed E-state index contributed by atoms with van der Waals surface area (Å²) >= 11 is 5.89. The van der Waals surface area contributed by atoms with Crippen LogP contribution in [0.5, 0.6) is 0 Å².